The van der Waals surface area contributed by atoms with Crippen LogP contribution in [0.2, 0.25) is 0 Å². The molecular formula is C21H18FN3O2S. The lowest BCUT2D eigenvalue weighted by atomic mass is 10.2. The number of para-hydroxylation sites is 1. The van der Waals surface area contributed by atoms with Gasteiger partial charge < -0.3 is 5.32 Å². The van der Waals surface area contributed by atoms with Gasteiger partial charge in [0.05, 0.1) is 17.1 Å². The van der Waals surface area contributed by atoms with Crippen LogP contribution < -0.4 is 10.2 Å². The van der Waals surface area contributed by atoms with E-state index in [0.717, 1.165) is 5.56 Å². The van der Waals surface area contributed by atoms with Gasteiger partial charge in [0.25, 0.3) is 0 Å². The molecule has 0 aliphatic heterocycles. The summed E-state index contributed by atoms with van der Waals surface area (Å²) in [5.41, 5.74) is 2.21. The van der Waals surface area contributed by atoms with Gasteiger partial charge >= 0.3 is 0 Å². The molecule has 0 aliphatic carbocycles. The highest BCUT2D eigenvalue weighted by Gasteiger charge is 2.17. The Morgan fingerprint density at radius 1 is 1.18 bits per heavy atom. The maximum Gasteiger partial charge on any atom is 0.248 e. The number of nitrogens with one attached hydrogen (secondary N) is 1. The van der Waals surface area contributed by atoms with E-state index >= 15 is 0 Å². The maximum absolute atomic E-state index is 13.7. The molecule has 2 amide bonds. The summed E-state index contributed by atoms with van der Waals surface area (Å²) in [6.07, 6.45) is 2.80. The summed E-state index contributed by atoms with van der Waals surface area (Å²) in [5, 5.41) is 4.75. The van der Waals surface area contributed by atoms with Gasteiger partial charge in [0, 0.05) is 18.4 Å². The first-order valence-electron chi connectivity index (χ1n) is 8.50. The van der Waals surface area contributed by atoms with Crippen molar-refractivity contribution in [1.29, 1.82) is 0 Å². The molecule has 0 atom stereocenters. The largest absolute Gasteiger partial charge is 0.320 e. The molecule has 0 aliphatic rings. The third-order valence-corrected chi connectivity index (χ3v) is 4.66. The van der Waals surface area contributed by atoms with Crippen molar-refractivity contribution in [3.8, 4) is 0 Å². The fourth-order valence-electron chi connectivity index (χ4n) is 2.53. The number of nitrogens with zero attached hydrogens (tertiary/aromatic N) is 2. The Bertz CT molecular complexity index is 1030. The Morgan fingerprint density at radius 2 is 1.93 bits per heavy atom. The van der Waals surface area contributed by atoms with E-state index in [2.05, 4.69) is 10.3 Å². The second kappa shape index (κ2) is 8.58. The standard InChI is InChI=1S/C21H18FN3O2S/c1-14-8-10-18(22)19(12-14)24-20(27)11-9-16-13-28-21(23-16)25(15(2)26)17-6-4-3-5-7-17/h3-13H,1-2H3,(H,24,27)/b11-9+. The van der Waals surface area contributed by atoms with Crippen LogP contribution in [0.4, 0.5) is 20.9 Å². The minimum Gasteiger partial charge on any atom is -0.320 e. The molecule has 0 bridgehead atoms. The summed E-state index contributed by atoms with van der Waals surface area (Å²) >= 11 is 1.29. The van der Waals surface area contributed by atoms with Crippen molar-refractivity contribution in [3.05, 3.63) is 77.1 Å². The molecule has 3 rings (SSSR count). The van der Waals surface area contributed by atoms with Crippen molar-refractivity contribution < 1.29 is 14.0 Å². The normalized spacial score (nSPS) is 10.8. The number of anilines is 3. The Labute approximate surface area is 166 Å². The summed E-state index contributed by atoms with van der Waals surface area (Å²) in [7, 11) is 0. The summed E-state index contributed by atoms with van der Waals surface area (Å²) < 4.78 is 13.7. The van der Waals surface area contributed by atoms with Crippen LogP contribution in [-0.2, 0) is 9.59 Å². The van der Waals surface area contributed by atoms with E-state index in [9.17, 15) is 14.0 Å². The molecule has 1 aromatic heterocycles. The van der Waals surface area contributed by atoms with E-state index in [-0.39, 0.29) is 11.6 Å². The van der Waals surface area contributed by atoms with Crippen LogP contribution in [0.1, 0.15) is 18.2 Å². The monoisotopic (exact) mass is 395 g/mol. The molecule has 5 nitrogen and oxygen atoms in total. The first-order valence-corrected chi connectivity index (χ1v) is 9.38. The van der Waals surface area contributed by atoms with E-state index in [1.165, 1.54) is 41.4 Å². The molecule has 0 unspecified atom stereocenters. The molecule has 0 saturated carbocycles. The molecule has 28 heavy (non-hydrogen) atoms. The minimum atomic E-state index is -0.497. The number of amides is 2. The van der Waals surface area contributed by atoms with Crippen LogP contribution in [-0.4, -0.2) is 16.8 Å². The molecule has 7 heteroatoms. The first kappa shape index (κ1) is 19.4. The number of aromatic nitrogens is 1. The van der Waals surface area contributed by atoms with E-state index in [1.54, 1.807) is 17.5 Å². The average molecular weight is 395 g/mol. The van der Waals surface area contributed by atoms with Crippen LogP contribution in [0.5, 0.6) is 0 Å². The van der Waals surface area contributed by atoms with E-state index in [4.69, 9.17) is 0 Å². The number of halogens is 1. The smallest absolute Gasteiger partial charge is 0.248 e. The fourth-order valence-corrected chi connectivity index (χ4v) is 3.38. The van der Waals surface area contributed by atoms with Crippen LogP contribution >= 0.6 is 11.3 Å². The molecule has 1 N–H and O–H groups in total. The average Bonchev–Trinajstić information content (AvgIpc) is 3.12. The van der Waals surface area contributed by atoms with Crippen LogP contribution in [0.15, 0.2) is 60.0 Å². The molecule has 2 aromatic carbocycles. The van der Waals surface area contributed by atoms with Crippen molar-refractivity contribution in [2.45, 2.75) is 13.8 Å². The van der Waals surface area contributed by atoms with Gasteiger partial charge in [-0.05, 0) is 42.8 Å². The van der Waals surface area contributed by atoms with Crippen molar-refractivity contribution in [3.63, 3.8) is 0 Å². The van der Waals surface area contributed by atoms with Gasteiger partial charge in [0.15, 0.2) is 5.13 Å². The minimum absolute atomic E-state index is 0.125. The SMILES string of the molecule is CC(=O)N(c1ccccc1)c1nc(/C=C/C(=O)Nc2cc(C)ccc2F)cs1. The van der Waals surface area contributed by atoms with Gasteiger partial charge in [-0.3, -0.25) is 14.5 Å². The summed E-state index contributed by atoms with van der Waals surface area (Å²) in [5.74, 6) is -1.13. The molecule has 0 radical (unpaired) electrons. The van der Waals surface area contributed by atoms with Crippen molar-refractivity contribution >= 4 is 45.7 Å². The Kier molecular flexibility index (Phi) is 5.96. The van der Waals surface area contributed by atoms with E-state index < -0.39 is 11.7 Å². The number of thiazole rings is 1. The number of aryl methyl sites for hydroxylation is 1. The molecule has 3 aromatic rings. The summed E-state index contributed by atoms with van der Waals surface area (Å²) in [6.45, 7) is 3.28. The lowest BCUT2D eigenvalue weighted by Crippen LogP contribution is -2.22. The third-order valence-electron chi connectivity index (χ3n) is 3.82. The van der Waals surface area contributed by atoms with Crippen molar-refractivity contribution in [2.24, 2.45) is 0 Å². The number of carbonyl (C=O) groups is 2. The summed E-state index contributed by atoms with van der Waals surface area (Å²) in [6, 6.07) is 13.7. The lowest BCUT2D eigenvalue weighted by molar-refractivity contribution is -0.116. The van der Waals surface area contributed by atoms with Gasteiger partial charge in [-0.2, -0.15) is 0 Å². The zero-order valence-electron chi connectivity index (χ0n) is 15.3. The van der Waals surface area contributed by atoms with Gasteiger partial charge in [-0.15, -0.1) is 11.3 Å². The predicted molar refractivity (Wildman–Crippen MR) is 110 cm³/mol. The zero-order valence-corrected chi connectivity index (χ0v) is 16.2. The van der Waals surface area contributed by atoms with Crippen molar-refractivity contribution in [1.82, 2.24) is 4.98 Å². The van der Waals surface area contributed by atoms with Crippen molar-refractivity contribution in [2.75, 3.05) is 10.2 Å². The maximum atomic E-state index is 13.7. The van der Waals surface area contributed by atoms with Gasteiger partial charge in [0.2, 0.25) is 11.8 Å². The van der Waals surface area contributed by atoms with Gasteiger partial charge in [-0.1, -0.05) is 24.3 Å². The highest BCUT2D eigenvalue weighted by molar-refractivity contribution is 7.14. The van der Waals surface area contributed by atoms with Crippen LogP contribution in [0, 0.1) is 12.7 Å². The topological polar surface area (TPSA) is 62.3 Å². The lowest BCUT2D eigenvalue weighted by Gasteiger charge is -2.17. The molecule has 1 heterocycles. The quantitative estimate of drug-likeness (QED) is 0.623. The van der Waals surface area contributed by atoms with E-state index in [0.29, 0.717) is 16.5 Å². The highest BCUT2D eigenvalue weighted by Crippen LogP contribution is 2.29. The van der Waals surface area contributed by atoms with E-state index in [1.807, 2.05) is 37.3 Å². The number of rotatable bonds is 5. The first-order chi connectivity index (χ1) is 13.4. The number of hydrogen-bond acceptors (Lipinski definition) is 4. The molecule has 0 saturated heterocycles. The zero-order chi connectivity index (χ0) is 20.1. The predicted octanol–water partition coefficient (Wildman–Crippen LogP) is 4.93. The Balaban J connectivity index is 1.73. The second-order valence-electron chi connectivity index (χ2n) is 6.05. The fraction of sp³-hybridized carbons (Fsp3) is 0.0952. The Morgan fingerprint density at radius 3 is 2.64 bits per heavy atom. The van der Waals surface area contributed by atoms with Crippen LogP contribution in [0.25, 0.3) is 6.08 Å². The second-order valence-corrected chi connectivity index (χ2v) is 6.89. The van der Waals surface area contributed by atoms with Gasteiger partial charge in [-0.25, -0.2) is 9.37 Å². The molecule has 0 fully saturated rings. The molecule has 142 valence electrons. The summed E-state index contributed by atoms with van der Waals surface area (Å²) in [4.78, 5) is 30.0. The Hall–Kier alpha value is -3.32. The molecular weight excluding hydrogens is 377 g/mol. The number of hydrogen-bond donors (Lipinski definition) is 1. The number of benzene rings is 2. The molecule has 0 spiro atoms. The number of carbonyl (C=O) groups excluding carboxylic acids is 2. The van der Waals surface area contributed by atoms with Gasteiger partial charge in [0.1, 0.15) is 5.82 Å². The third kappa shape index (κ3) is 4.69. The van der Waals surface area contributed by atoms with Crippen LogP contribution in [0.3, 0.4) is 0 Å². The highest BCUT2D eigenvalue weighted by atomic mass is 32.1.